The number of hydrogen-bond donors (Lipinski definition) is 0. The monoisotopic (exact) mass is 497 g/mol. The summed E-state index contributed by atoms with van der Waals surface area (Å²) in [6.07, 6.45) is 1.41. The van der Waals surface area contributed by atoms with Crippen LogP contribution in [0.3, 0.4) is 0 Å². The van der Waals surface area contributed by atoms with Crippen LogP contribution in [0.25, 0.3) is 16.9 Å². The average molecular weight is 498 g/mol. The largest absolute Gasteiger partial charge is 0.497 e. The Labute approximate surface area is 217 Å². The molecule has 37 heavy (non-hydrogen) atoms. The van der Waals surface area contributed by atoms with E-state index >= 15 is 0 Å². The third-order valence-corrected chi connectivity index (χ3v) is 6.81. The van der Waals surface area contributed by atoms with Gasteiger partial charge in [0.2, 0.25) is 0 Å². The van der Waals surface area contributed by atoms with E-state index in [1.165, 1.54) is 0 Å². The van der Waals surface area contributed by atoms with E-state index in [0.29, 0.717) is 13.1 Å². The van der Waals surface area contributed by atoms with Crippen molar-refractivity contribution in [2.45, 2.75) is 25.4 Å². The Morgan fingerprint density at radius 1 is 0.865 bits per heavy atom. The van der Waals surface area contributed by atoms with E-state index in [2.05, 4.69) is 6.07 Å². The normalized spacial score (nSPS) is 13.8. The summed E-state index contributed by atoms with van der Waals surface area (Å²) >= 11 is 0. The second kappa shape index (κ2) is 11.2. The summed E-state index contributed by atoms with van der Waals surface area (Å²) in [5, 5.41) is 5.03. The molecule has 1 aliphatic heterocycles. The maximum Gasteiger partial charge on any atom is 0.410 e. The number of methoxy groups -OCH3 is 2. The summed E-state index contributed by atoms with van der Waals surface area (Å²) in [5.74, 6) is 1.87. The van der Waals surface area contributed by atoms with Gasteiger partial charge in [0.25, 0.3) is 0 Å². The summed E-state index contributed by atoms with van der Waals surface area (Å²) in [6.45, 7) is 1.58. The second-order valence-electron chi connectivity index (χ2n) is 9.09. The van der Waals surface area contributed by atoms with Crippen LogP contribution in [-0.2, 0) is 11.3 Å². The molecule has 4 aromatic rings. The van der Waals surface area contributed by atoms with Crippen LogP contribution >= 0.6 is 0 Å². The number of benzene rings is 3. The second-order valence-corrected chi connectivity index (χ2v) is 9.09. The van der Waals surface area contributed by atoms with Crippen molar-refractivity contribution >= 4 is 6.09 Å². The Morgan fingerprint density at radius 2 is 1.49 bits per heavy atom. The molecular formula is C30H31N3O4. The van der Waals surface area contributed by atoms with Gasteiger partial charge < -0.3 is 19.1 Å². The fraction of sp³-hybridized carbons (Fsp3) is 0.267. The molecule has 7 nitrogen and oxygen atoms in total. The number of aromatic nitrogens is 2. The number of hydrogen-bond acceptors (Lipinski definition) is 5. The van der Waals surface area contributed by atoms with Crippen LogP contribution in [0.5, 0.6) is 11.5 Å². The highest BCUT2D eigenvalue weighted by molar-refractivity contribution is 5.68. The van der Waals surface area contributed by atoms with Gasteiger partial charge in [-0.2, -0.15) is 5.10 Å². The van der Waals surface area contributed by atoms with Gasteiger partial charge in [0, 0.05) is 24.6 Å². The van der Waals surface area contributed by atoms with Crippen molar-refractivity contribution < 1.29 is 19.0 Å². The zero-order chi connectivity index (χ0) is 25.6. The van der Waals surface area contributed by atoms with Crippen molar-refractivity contribution in [3.05, 3.63) is 96.2 Å². The van der Waals surface area contributed by atoms with E-state index in [4.69, 9.17) is 19.3 Å². The molecule has 5 rings (SSSR count). The van der Waals surface area contributed by atoms with Crippen LogP contribution in [-0.4, -0.2) is 48.1 Å². The molecule has 0 radical (unpaired) electrons. The van der Waals surface area contributed by atoms with Gasteiger partial charge in [-0.3, -0.25) is 0 Å². The van der Waals surface area contributed by atoms with Crippen molar-refractivity contribution in [3.8, 4) is 28.4 Å². The molecule has 1 saturated heterocycles. The highest BCUT2D eigenvalue weighted by Crippen LogP contribution is 2.33. The average Bonchev–Trinajstić information content (AvgIpc) is 3.42. The lowest BCUT2D eigenvalue weighted by atomic mass is 9.93. The highest BCUT2D eigenvalue weighted by Gasteiger charge is 2.27. The molecule has 1 aliphatic rings. The van der Waals surface area contributed by atoms with Crippen molar-refractivity contribution in [2.75, 3.05) is 27.3 Å². The molecule has 190 valence electrons. The molecule has 1 aromatic heterocycles. The van der Waals surface area contributed by atoms with Gasteiger partial charge >= 0.3 is 6.09 Å². The van der Waals surface area contributed by atoms with Crippen LogP contribution in [0.1, 0.15) is 30.0 Å². The Balaban J connectivity index is 1.32. The summed E-state index contributed by atoms with van der Waals surface area (Å²) in [6, 6.07) is 27.8. The number of nitrogens with zero attached hydrogens (tertiary/aromatic N) is 3. The van der Waals surface area contributed by atoms with Gasteiger partial charge in [-0.15, -0.1) is 0 Å². The summed E-state index contributed by atoms with van der Waals surface area (Å²) in [7, 11) is 3.33. The standard InChI is InChI=1S/C30H31N3O4/c1-35-26-12-8-24(9-13-26)29-20-28(31-33(29)25-10-14-27(36-2)15-11-25)23-16-18-32(19-17-23)30(34)37-21-22-6-4-3-5-7-22/h3-15,20,23H,16-19,21H2,1-2H3. The Morgan fingerprint density at radius 3 is 2.11 bits per heavy atom. The minimum atomic E-state index is -0.259. The lowest BCUT2D eigenvalue weighted by Gasteiger charge is -2.30. The van der Waals surface area contributed by atoms with E-state index in [0.717, 1.165) is 52.5 Å². The highest BCUT2D eigenvalue weighted by atomic mass is 16.6. The zero-order valence-electron chi connectivity index (χ0n) is 21.2. The van der Waals surface area contributed by atoms with Crippen LogP contribution in [0, 0.1) is 0 Å². The molecule has 0 spiro atoms. The predicted molar refractivity (Wildman–Crippen MR) is 142 cm³/mol. The first-order valence-electron chi connectivity index (χ1n) is 12.5. The summed E-state index contributed by atoms with van der Waals surface area (Å²) in [4.78, 5) is 14.4. The van der Waals surface area contributed by atoms with Crippen LogP contribution in [0.15, 0.2) is 84.9 Å². The van der Waals surface area contributed by atoms with E-state index in [1.807, 2.05) is 83.5 Å². The molecule has 0 atom stereocenters. The minimum Gasteiger partial charge on any atom is -0.497 e. The smallest absolute Gasteiger partial charge is 0.410 e. The number of carbonyl (C=O) groups is 1. The van der Waals surface area contributed by atoms with Crippen molar-refractivity contribution in [1.82, 2.24) is 14.7 Å². The number of piperidine rings is 1. The van der Waals surface area contributed by atoms with Crippen LogP contribution in [0.2, 0.25) is 0 Å². The molecule has 0 unspecified atom stereocenters. The first-order chi connectivity index (χ1) is 18.1. The number of ether oxygens (including phenoxy) is 3. The molecule has 0 saturated carbocycles. The minimum absolute atomic E-state index is 0.259. The third kappa shape index (κ3) is 5.61. The van der Waals surface area contributed by atoms with Gasteiger partial charge in [0.15, 0.2) is 0 Å². The summed E-state index contributed by atoms with van der Waals surface area (Å²) in [5.41, 5.74) is 5.03. The van der Waals surface area contributed by atoms with Gasteiger partial charge in [-0.25, -0.2) is 9.48 Å². The van der Waals surface area contributed by atoms with Crippen molar-refractivity contribution in [2.24, 2.45) is 0 Å². The van der Waals surface area contributed by atoms with Crippen LogP contribution in [0.4, 0.5) is 4.79 Å². The van der Waals surface area contributed by atoms with E-state index in [-0.39, 0.29) is 18.6 Å². The SMILES string of the molecule is COc1ccc(-c2cc(C3CCN(C(=O)OCc4ccccc4)CC3)nn2-c2ccc(OC)cc2)cc1. The van der Waals surface area contributed by atoms with Crippen molar-refractivity contribution in [3.63, 3.8) is 0 Å². The molecule has 0 N–H and O–H groups in total. The molecule has 1 fully saturated rings. The maximum atomic E-state index is 12.6. The zero-order valence-corrected chi connectivity index (χ0v) is 21.2. The van der Waals surface area contributed by atoms with Crippen LogP contribution < -0.4 is 9.47 Å². The molecule has 1 amide bonds. The lowest BCUT2D eigenvalue weighted by Crippen LogP contribution is -2.38. The van der Waals surface area contributed by atoms with Crippen molar-refractivity contribution in [1.29, 1.82) is 0 Å². The van der Waals surface area contributed by atoms with Gasteiger partial charge in [0.05, 0.1) is 31.3 Å². The van der Waals surface area contributed by atoms with Gasteiger partial charge in [0.1, 0.15) is 18.1 Å². The molecule has 7 heteroatoms. The molecule has 3 aromatic carbocycles. The Hall–Kier alpha value is -4.26. The fourth-order valence-electron chi connectivity index (χ4n) is 4.65. The van der Waals surface area contributed by atoms with E-state index < -0.39 is 0 Å². The van der Waals surface area contributed by atoms with E-state index in [9.17, 15) is 4.79 Å². The topological polar surface area (TPSA) is 65.8 Å². The first-order valence-corrected chi connectivity index (χ1v) is 12.5. The molecule has 0 bridgehead atoms. The predicted octanol–water partition coefficient (Wildman–Crippen LogP) is 6.07. The number of likely N-dealkylation sites (tertiary alicyclic amines) is 1. The Bertz CT molecular complexity index is 1240. The summed E-state index contributed by atoms with van der Waals surface area (Å²) < 4.78 is 18.2. The fourth-order valence-corrected chi connectivity index (χ4v) is 4.65. The van der Waals surface area contributed by atoms with Gasteiger partial charge in [-0.05, 0) is 73.0 Å². The number of rotatable bonds is 7. The first kappa shape index (κ1) is 24.4. The Kier molecular flexibility index (Phi) is 7.40. The third-order valence-electron chi connectivity index (χ3n) is 6.81. The van der Waals surface area contributed by atoms with E-state index in [1.54, 1.807) is 19.1 Å². The number of carbonyl (C=O) groups excluding carboxylic acids is 1. The number of amides is 1. The molecule has 0 aliphatic carbocycles. The lowest BCUT2D eigenvalue weighted by molar-refractivity contribution is 0.0868. The molecule has 2 heterocycles. The van der Waals surface area contributed by atoms with Gasteiger partial charge in [-0.1, -0.05) is 30.3 Å². The molecular weight excluding hydrogens is 466 g/mol. The quantitative estimate of drug-likeness (QED) is 0.310. The maximum absolute atomic E-state index is 12.6.